The number of halogens is 2. The number of ether oxygens (including phenoxy) is 1. The minimum atomic E-state index is -0.745. The first kappa shape index (κ1) is 23.8. The average Bonchev–Trinajstić information content (AvgIpc) is 2.75. The van der Waals surface area contributed by atoms with Crippen molar-refractivity contribution in [3.63, 3.8) is 0 Å². The Morgan fingerprint density at radius 2 is 1.90 bits per heavy atom. The minimum absolute atomic E-state index is 0. The fourth-order valence-corrected chi connectivity index (χ4v) is 2.80. The fraction of sp³-hybridized carbons (Fsp3) is 0.273. The van der Waals surface area contributed by atoms with E-state index in [2.05, 4.69) is 20.6 Å². The molecule has 0 bridgehead atoms. The van der Waals surface area contributed by atoms with Gasteiger partial charge in [0.1, 0.15) is 24.3 Å². The van der Waals surface area contributed by atoms with Gasteiger partial charge >= 0.3 is 0 Å². The Morgan fingerprint density at radius 3 is 2.67 bits per heavy atom. The second kappa shape index (κ2) is 12.3. The Morgan fingerprint density at radius 1 is 1.13 bits per heavy atom. The van der Waals surface area contributed by atoms with Gasteiger partial charge in [0.2, 0.25) is 0 Å². The summed E-state index contributed by atoms with van der Waals surface area (Å²) in [4.78, 5) is 8.97. The second-order valence-electron chi connectivity index (χ2n) is 6.48. The summed E-state index contributed by atoms with van der Waals surface area (Å²) >= 11 is 0. The van der Waals surface area contributed by atoms with Crippen molar-refractivity contribution in [1.82, 2.24) is 15.6 Å². The van der Waals surface area contributed by atoms with Crippen molar-refractivity contribution in [2.75, 3.05) is 19.7 Å². The molecule has 1 aromatic heterocycles. The van der Waals surface area contributed by atoms with E-state index in [-0.39, 0.29) is 42.9 Å². The summed E-state index contributed by atoms with van der Waals surface area (Å²) in [7, 11) is 0. The summed E-state index contributed by atoms with van der Waals surface area (Å²) in [6, 6.07) is 15.6. The Labute approximate surface area is 192 Å². The van der Waals surface area contributed by atoms with Gasteiger partial charge < -0.3 is 20.5 Å². The lowest BCUT2D eigenvalue weighted by Crippen LogP contribution is -2.42. The highest BCUT2D eigenvalue weighted by Gasteiger charge is 2.08. The van der Waals surface area contributed by atoms with Crippen LogP contribution >= 0.6 is 24.0 Å². The summed E-state index contributed by atoms with van der Waals surface area (Å²) in [5, 5.41) is 17.5. The number of nitrogens with one attached hydrogen (secondary N) is 2. The van der Waals surface area contributed by atoms with Crippen LogP contribution in [0.3, 0.4) is 0 Å². The van der Waals surface area contributed by atoms with Gasteiger partial charge in [0.15, 0.2) is 5.96 Å². The predicted molar refractivity (Wildman–Crippen MR) is 128 cm³/mol. The summed E-state index contributed by atoms with van der Waals surface area (Å²) in [6.45, 7) is 3.52. The van der Waals surface area contributed by atoms with Crippen molar-refractivity contribution >= 4 is 40.8 Å². The molecule has 0 saturated carbocycles. The van der Waals surface area contributed by atoms with E-state index in [4.69, 9.17) is 4.74 Å². The van der Waals surface area contributed by atoms with Crippen LogP contribution in [-0.4, -0.2) is 41.9 Å². The van der Waals surface area contributed by atoms with E-state index in [9.17, 15) is 9.50 Å². The highest BCUT2D eigenvalue weighted by Crippen LogP contribution is 2.16. The van der Waals surface area contributed by atoms with Crippen LogP contribution in [0.5, 0.6) is 5.75 Å². The van der Waals surface area contributed by atoms with Crippen LogP contribution in [0.25, 0.3) is 10.9 Å². The highest BCUT2D eigenvalue weighted by atomic mass is 127. The first-order chi connectivity index (χ1) is 14.2. The number of aromatic nitrogens is 1. The smallest absolute Gasteiger partial charge is 0.191 e. The van der Waals surface area contributed by atoms with E-state index in [1.807, 2.05) is 37.3 Å². The molecule has 0 aliphatic heterocycles. The zero-order valence-corrected chi connectivity index (χ0v) is 19.0. The largest absolute Gasteiger partial charge is 0.491 e. The van der Waals surface area contributed by atoms with Crippen molar-refractivity contribution in [2.45, 2.75) is 19.6 Å². The normalized spacial score (nSPS) is 12.2. The van der Waals surface area contributed by atoms with Gasteiger partial charge in [0, 0.05) is 24.7 Å². The molecule has 0 aliphatic rings. The second-order valence-corrected chi connectivity index (χ2v) is 6.48. The molecule has 3 N–H and O–H groups in total. The van der Waals surface area contributed by atoms with Gasteiger partial charge in [0.05, 0.1) is 12.1 Å². The molecule has 0 radical (unpaired) electrons. The number of para-hydroxylation sites is 1. The topological polar surface area (TPSA) is 78.8 Å². The number of aliphatic hydroxyl groups excluding tert-OH is 1. The number of aliphatic imine (C=N–C) groups is 1. The van der Waals surface area contributed by atoms with E-state index >= 15 is 0 Å². The Kier molecular flexibility index (Phi) is 9.75. The Hall–Kier alpha value is -2.46. The van der Waals surface area contributed by atoms with Gasteiger partial charge in [-0.25, -0.2) is 9.38 Å². The molecule has 0 spiro atoms. The number of nitrogens with zero attached hydrogens (tertiary/aromatic N) is 2. The van der Waals surface area contributed by atoms with Crippen LogP contribution in [0.2, 0.25) is 0 Å². The van der Waals surface area contributed by atoms with Crippen molar-refractivity contribution in [2.24, 2.45) is 4.99 Å². The number of pyridine rings is 1. The monoisotopic (exact) mass is 524 g/mol. The van der Waals surface area contributed by atoms with E-state index in [1.54, 1.807) is 6.20 Å². The average molecular weight is 524 g/mol. The zero-order valence-electron chi connectivity index (χ0n) is 16.7. The standard InChI is InChI=1S/C22H25FN4O2.HI/c1-2-24-22(26-13-16-11-12-25-21-6-4-3-5-20(16)21)27-14-18(28)15-29-19-9-7-17(23)8-10-19;/h3-12,18,28H,2,13-15H2,1H3,(H2,24,26,27);1H. The molecular weight excluding hydrogens is 498 g/mol. The number of rotatable bonds is 8. The van der Waals surface area contributed by atoms with Crippen molar-refractivity contribution in [1.29, 1.82) is 0 Å². The Bertz CT molecular complexity index is 948. The zero-order chi connectivity index (χ0) is 20.5. The molecule has 160 valence electrons. The van der Waals surface area contributed by atoms with Crippen LogP contribution in [0.1, 0.15) is 12.5 Å². The summed E-state index contributed by atoms with van der Waals surface area (Å²) < 4.78 is 18.4. The maximum atomic E-state index is 12.9. The number of guanidine groups is 1. The molecule has 1 atom stereocenters. The molecule has 2 aromatic carbocycles. The van der Waals surface area contributed by atoms with Crippen LogP contribution in [0.15, 0.2) is 65.8 Å². The van der Waals surface area contributed by atoms with Gasteiger partial charge in [-0.15, -0.1) is 24.0 Å². The van der Waals surface area contributed by atoms with Crippen LogP contribution in [-0.2, 0) is 6.54 Å². The molecule has 0 aliphatic carbocycles. The lowest BCUT2D eigenvalue weighted by molar-refractivity contribution is 0.110. The maximum absolute atomic E-state index is 12.9. The molecule has 8 heteroatoms. The van der Waals surface area contributed by atoms with Crippen molar-refractivity contribution < 1.29 is 14.2 Å². The molecule has 30 heavy (non-hydrogen) atoms. The molecule has 0 amide bonds. The molecule has 3 rings (SSSR count). The fourth-order valence-electron chi connectivity index (χ4n) is 2.80. The van der Waals surface area contributed by atoms with Gasteiger partial charge in [0.25, 0.3) is 0 Å². The quantitative estimate of drug-likeness (QED) is 0.239. The van der Waals surface area contributed by atoms with Crippen LogP contribution in [0.4, 0.5) is 4.39 Å². The van der Waals surface area contributed by atoms with E-state index in [0.29, 0.717) is 24.8 Å². The van der Waals surface area contributed by atoms with Gasteiger partial charge in [-0.1, -0.05) is 18.2 Å². The molecule has 0 saturated heterocycles. The molecule has 3 aromatic rings. The number of hydrogen-bond donors (Lipinski definition) is 3. The number of fused-ring (bicyclic) bond motifs is 1. The Balaban J connectivity index is 0.00000320. The third kappa shape index (κ3) is 7.10. The van der Waals surface area contributed by atoms with E-state index < -0.39 is 6.10 Å². The molecular formula is C22H26FIN4O2. The molecule has 6 nitrogen and oxygen atoms in total. The van der Waals surface area contributed by atoms with Crippen LogP contribution < -0.4 is 15.4 Å². The first-order valence-electron chi connectivity index (χ1n) is 9.57. The molecule has 1 unspecified atom stereocenters. The van der Waals surface area contributed by atoms with Gasteiger partial charge in [-0.2, -0.15) is 0 Å². The maximum Gasteiger partial charge on any atom is 0.191 e. The third-order valence-corrected chi connectivity index (χ3v) is 4.25. The first-order valence-corrected chi connectivity index (χ1v) is 9.57. The van der Waals surface area contributed by atoms with E-state index in [1.165, 1.54) is 24.3 Å². The third-order valence-electron chi connectivity index (χ3n) is 4.25. The van der Waals surface area contributed by atoms with Gasteiger partial charge in [-0.3, -0.25) is 4.98 Å². The molecule has 1 heterocycles. The number of aliphatic hydroxyl groups is 1. The SMILES string of the molecule is CCNC(=NCc1ccnc2ccccc12)NCC(O)COc1ccc(F)cc1.I. The highest BCUT2D eigenvalue weighted by molar-refractivity contribution is 14.0. The van der Waals surface area contributed by atoms with Gasteiger partial charge in [-0.05, 0) is 48.9 Å². The predicted octanol–water partition coefficient (Wildman–Crippen LogP) is 3.49. The van der Waals surface area contributed by atoms with E-state index in [0.717, 1.165) is 16.5 Å². The number of hydrogen-bond acceptors (Lipinski definition) is 4. The summed E-state index contributed by atoms with van der Waals surface area (Å²) in [5.41, 5.74) is 2.01. The molecule has 0 fully saturated rings. The van der Waals surface area contributed by atoms with Crippen LogP contribution in [0, 0.1) is 5.82 Å². The van der Waals surface area contributed by atoms with Crippen molar-refractivity contribution in [3.8, 4) is 5.75 Å². The minimum Gasteiger partial charge on any atom is -0.491 e. The summed E-state index contributed by atoms with van der Waals surface area (Å²) in [6.07, 6.45) is 1.04. The lowest BCUT2D eigenvalue weighted by atomic mass is 10.1. The number of benzene rings is 2. The van der Waals surface area contributed by atoms with Crippen molar-refractivity contribution in [3.05, 3.63) is 72.2 Å². The summed E-state index contributed by atoms with van der Waals surface area (Å²) in [5.74, 6) is 0.790. The lowest BCUT2D eigenvalue weighted by Gasteiger charge is -2.16.